The van der Waals surface area contributed by atoms with Crippen molar-refractivity contribution in [3.8, 4) is 0 Å². The third-order valence-electron chi connectivity index (χ3n) is 8.86. The number of allylic oxidation sites excluding steroid dienone is 6. The Morgan fingerprint density at radius 3 is 1.39 bits per heavy atom. The van der Waals surface area contributed by atoms with Gasteiger partial charge in [-0.05, 0) is 64.2 Å². The van der Waals surface area contributed by atoms with Crippen molar-refractivity contribution in [2.75, 3.05) is 13.2 Å². The van der Waals surface area contributed by atoms with Crippen LogP contribution in [-0.4, -0.2) is 41.0 Å². The minimum Gasteiger partial charge on any atom is -0.462 e. The van der Waals surface area contributed by atoms with Gasteiger partial charge >= 0.3 is 19.8 Å². The van der Waals surface area contributed by atoms with E-state index in [1.807, 2.05) is 0 Å². The predicted octanol–water partition coefficient (Wildman–Crippen LogP) is 12.6. The van der Waals surface area contributed by atoms with Gasteiger partial charge in [0.1, 0.15) is 6.61 Å². The van der Waals surface area contributed by atoms with E-state index in [2.05, 4.69) is 54.8 Å². The SMILES string of the molecule is CCC/C=C\CCCCCCCC(=O)OCC(COP(=O)(O)O)OC(=O)CCCCCCCCCCCCC/C=C\C/C=C\CCCCCCC. The molecule has 51 heavy (non-hydrogen) atoms. The molecule has 0 aromatic heterocycles. The fourth-order valence-electron chi connectivity index (χ4n) is 5.76. The highest BCUT2D eigenvalue weighted by atomic mass is 31.2. The summed E-state index contributed by atoms with van der Waals surface area (Å²) in [5.41, 5.74) is 0. The first-order valence-corrected chi connectivity index (χ1v) is 22.3. The van der Waals surface area contributed by atoms with Crippen molar-refractivity contribution in [2.45, 2.75) is 206 Å². The lowest BCUT2D eigenvalue weighted by molar-refractivity contribution is -0.161. The van der Waals surface area contributed by atoms with Gasteiger partial charge in [-0.1, -0.05) is 159 Å². The molecule has 0 aliphatic rings. The van der Waals surface area contributed by atoms with Crippen LogP contribution in [0.15, 0.2) is 36.5 Å². The summed E-state index contributed by atoms with van der Waals surface area (Å²) < 4.78 is 26.3. The van der Waals surface area contributed by atoms with Gasteiger partial charge in [0.25, 0.3) is 0 Å². The lowest BCUT2D eigenvalue weighted by atomic mass is 10.0. The number of phosphoric acid groups is 1. The van der Waals surface area contributed by atoms with E-state index >= 15 is 0 Å². The molecule has 298 valence electrons. The maximum atomic E-state index is 12.4. The van der Waals surface area contributed by atoms with Crippen molar-refractivity contribution in [3.05, 3.63) is 36.5 Å². The number of esters is 2. The summed E-state index contributed by atoms with van der Waals surface area (Å²) in [7, 11) is -4.75. The van der Waals surface area contributed by atoms with Crippen LogP contribution in [0.2, 0.25) is 0 Å². The summed E-state index contributed by atoms with van der Waals surface area (Å²) >= 11 is 0. The van der Waals surface area contributed by atoms with E-state index in [0.29, 0.717) is 12.8 Å². The molecule has 8 nitrogen and oxygen atoms in total. The fourth-order valence-corrected chi connectivity index (χ4v) is 6.12. The molecule has 0 heterocycles. The van der Waals surface area contributed by atoms with E-state index in [1.165, 1.54) is 96.3 Å². The molecule has 0 fully saturated rings. The monoisotopic (exact) mass is 741 g/mol. The Morgan fingerprint density at radius 2 is 0.922 bits per heavy atom. The highest BCUT2D eigenvalue weighted by Crippen LogP contribution is 2.36. The highest BCUT2D eigenvalue weighted by Gasteiger charge is 2.22. The van der Waals surface area contributed by atoms with Gasteiger partial charge in [0, 0.05) is 12.8 Å². The number of phosphoric ester groups is 1. The van der Waals surface area contributed by atoms with Crippen molar-refractivity contribution in [1.82, 2.24) is 0 Å². The van der Waals surface area contributed by atoms with E-state index in [4.69, 9.17) is 19.3 Å². The van der Waals surface area contributed by atoms with Crippen molar-refractivity contribution in [3.63, 3.8) is 0 Å². The van der Waals surface area contributed by atoms with Crippen LogP contribution in [0, 0.1) is 0 Å². The highest BCUT2D eigenvalue weighted by molar-refractivity contribution is 7.46. The second-order valence-corrected chi connectivity index (χ2v) is 15.2. The number of ether oxygens (including phenoxy) is 2. The molecular weight excluding hydrogens is 663 g/mol. The van der Waals surface area contributed by atoms with Gasteiger partial charge in [-0.3, -0.25) is 14.1 Å². The third kappa shape index (κ3) is 40.9. The second-order valence-electron chi connectivity index (χ2n) is 14.0. The molecule has 0 rings (SSSR count). The van der Waals surface area contributed by atoms with Crippen molar-refractivity contribution in [1.29, 1.82) is 0 Å². The lowest BCUT2D eigenvalue weighted by Gasteiger charge is -2.18. The Kier molecular flexibility index (Phi) is 36.7. The summed E-state index contributed by atoms with van der Waals surface area (Å²) in [6.45, 7) is 3.60. The quantitative estimate of drug-likeness (QED) is 0.0278. The maximum Gasteiger partial charge on any atom is 0.469 e. The van der Waals surface area contributed by atoms with E-state index in [-0.39, 0.29) is 19.4 Å². The molecule has 0 aromatic rings. The van der Waals surface area contributed by atoms with Gasteiger partial charge in [-0.15, -0.1) is 0 Å². The fraction of sp³-hybridized carbons (Fsp3) is 0.810. The maximum absolute atomic E-state index is 12.4. The topological polar surface area (TPSA) is 119 Å². The number of unbranched alkanes of at least 4 members (excludes halogenated alkanes) is 22. The molecule has 0 bridgehead atoms. The minimum absolute atomic E-state index is 0.208. The van der Waals surface area contributed by atoms with Crippen LogP contribution in [0.4, 0.5) is 0 Å². The molecule has 0 saturated carbocycles. The Bertz CT molecular complexity index is 926. The number of carbonyl (C=O) groups is 2. The standard InChI is InChI=1S/C42H77O8P/c1-3-5-7-9-11-13-15-16-17-18-19-20-21-22-23-24-25-26-27-29-31-33-35-37-42(44)50-40(39-49-51(45,46)47)38-48-41(43)36-34-32-30-28-14-12-10-8-6-4-2/h8,10,15-16,18-19,40H,3-7,9,11-14,17,20-39H2,1-2H3,(H2,45,46,47)/b10-8-,16-15-,19-18-. The third-order valence-corrected chi connectivity index (χ3v) is 9.35. The Balaban J connectivity index is 3.84. The number of hydrogen-bond donors (Lipinski definition) is 2. The van der Waals surface area contributed by atoms with Crippen molar-refractivity contribution < 1.29 is 37.9 Å². The largest absolute Gasteiger partial charge is 0.469 e. The molecule has 0 spiro atoms. The van der Waals surface area contributed by atoms with Gasteiger partial charge in [0.2, 0.25) is 0 Å². The molecule has 2 N–H and O–H groups in total. The van der Waals surface area contributed by atoms with Gasteiger partial charge in [-0.2, -0.15) is 0 Å². The summed E-state index contributed by atoms with van der Waals surface area (Å²) in [4.78, 5) is 42.7. The van der Waals surface area contributed by atoms with Gasteiger partial charge in [-0.25, -0.2) is 4.57 Å². The first-order valence-electron chi connectivity index (χ1n) is 20.8. The molecule has 0 aliphatic heterocycles. The summed E-state index contributed by atoms with van der Waals surface area (Å²) in [5.74, 6) is -0.897. The van der Waals surface area contributed by atoms with Crippen molar-refractivity contribution in [2.24, 2.45) is 0 Å². The van der Waals surface area contributed by atoms with Crippen LogP contribution >= 0.6 is 7.82 Å². The Morgan fingerprint density at radius 1 is 0.510 bits per heavy atom. The van der Waals surface area contributed by atoms with Gasteiger partial charge in [0.05, 0.1) is 6.61 Å². The Labute approximate surface area is 312 Å². The average molecular weight is 741 g/mol. The number of hydrogen-bond acceptors (Lipinski definition) is 6. The molecular formula is C42H77O8P. The van der Waals surface area contributed by atoms with Crippen LogP contribution in [-0.2, 0) is 28.2 Å². The molecule has 0 amide bonds. The summed E-state index contributed by atoms with van der Waals surface area (Å²) in [6, 6.07) is 0. The number of rotatable bonds is 38. The predicted molar refractivity (Wildman–Crippen MR) is 211 cm³/mol. The summed E-state index contributed by atoms with van der Waals surface area (Å²) in [5, 5.41) is 0. The minimum atomic E-state index is -4.75. The molecule has 9 heteroatoms. The van der Waals surface area contributed by atoms with Gasteiger partial charge < -0.3 is 19.3 Å². The molecule has 1 unspecified atom stereocenters. The van der Waals surface area contributed by atoms with E-state index < -0.39 is 32.5 Å². The average Bonchev–Trinajstić information content (AvgIpc) is 3.10. The molecule has 0 saturated heterocycles. The van der Waals surface area contributed by atoms with E-state index in [1.54, 1.807) is 0 Å². The van der Waals surface area contributed by atoms with Crippen LogP contribution in [0.5, 0.6) is 0 Å². The molecule has 1 atom stereocenters. The van der Waals surface area contributed by atoms with Crippen molar-refractivity contribution >= 4 is 19.8 Å². The smallest absolute Gasteiger partial charge is 0.462 e. The molecule has 0 aliphatic carbocycles. The zero-order valence-electron chi connectivity index (χ0n) is 32.8. The summed E-state index contributed by atoms with van der Waals surface area (Å²) in [6.07, 6.45) is 44.5. The second kappa shape index (κ2) is 38.0. The van der Waals surface area contributed by atoms with E-state index in [0.717, 1.165) is 64.2 Å². The zero-order chi connectivity index (χ0) is 37.5. The first kappa shape index (κ1) is 49.3. The van der Waals surface area contributed by atoms with Crippen LogP contribution in [0.25, 0.3) is 0 Å². The normalized spacial score (nSPS) is 12.8. The van der Waals surface area contributed by atoms with Gasteiger partial charge in [0.15, 0.2) is 6.10 Å². The first-order chi connectivity index (χ1) is 24.8. The van der Waals surface area contributed by atoms with Crippen LogP contribution in [0.1, 0.15) is 200 Å². The van der Waals surface area contributed by atoms with E-state index in [9.17, 15) is 14.2 Å². The van der Waals surface area contributed by atoms with Crippen LogP contribution < -0.4 is 0 Å². The zero-order valence-corrected chi connectivity index (χ0v) is 33.6. The lowest BCUT2D eigenvalue weighted by Crippen LogP contribution is -2.29. The molecule has 0 aromatic carbocycles. The molecule has 0 radical (unpaired) electrons. The Hall–Kier alpha value is -1.73. The van der Waals surface area contributed by atoms with Crippen LogP contribution in [0.3, 0.4) is 0 Å². The number of carbonyl (C=O) groups excluding carboxylic acids is 2.